The molecular weight excluding hydrogens is 823 g/mol. The Morgan fingerprint density at radius 1 is 0.794 bits per heavy atom. The van der Waals surface area contributed by atoms with Crippen LogP contribution in [0.4, 0.5) is 15.3 Å². The third-order valence-electron chi connectivity index (χ3n) is 10.4. The third-order valence-corrected chi connectivity index (χ3v) is 10.4. The predicted octanol–water partition coefficient (Wildman–Crippen LogP) is 3.36. The summed E-state index contributed by atoms with van der Waals surface area (Å²) in [5, 5.41) is 13.5. The van der Waals surface area contributed by atoms with Gasteiger partial charge in [0.15, 0.2) is 0 Å². The molecule has 1 fully saturated rings. The SMILES string of the molecule is CCC(C)(C)CCOCCOCCNC(=O)OCc1ccc(NC(=O)[C@@H](CCCNC(N)=O)NC(=O)CNC(=O)C(C)(C)CCOC(C)(C)CCC(=O)ON2C(=O)CCC2=O)cc1. The van der Waals surface area contributed by atoms with E-state index in [-0.39, 0.29) is 70.2 Å². The van der Waals surface area contributed by atoms with Crippen LogP contribution in [-0.2, 0) is 59.2 Å². The van der Waals surface area contributed by atoms with Gasteiger partial charge in [-0.05, 0) is 69.1 Å². The Morgan fingerprint density at radius 2 is 1.44 bits per heavy atom. The van der Waals surface area contributed by atoms with Crippen molar-refractivity contribution in [2.24, 2.45) is 16.6 Å². The van der Waals surface area contributed by atoms with E-state index in [9.17, 15) is 38.4 Å². The van der Waals surface area contributed by atoms with E-state index < -0.39 is 71.2 Å². The minimum Gasteiger partial charge on any atom is -0.445 e. The smallest absolute Gasteiger partial charge is 0.407 e. The number of nitrogens with zero attached hydrogens (tertiary/aromatic N) is 1. The second-order valence-electron chi connectivity index (χ2n) is 17.2. The summed E-state index contributed by atoms with van der Waals surface area (Å²) in [7, 11) is 0. The Kier molecular flexibility index (Phi) is 23.0. The molecule has 0 saturated carbocycles. The van der Waals surface area contributed by atoms with E-state index >= 15 is 0 Å². The summed E-state index contributed by atoms with van der Waals surface area (Å²) in [4.78, 5) is 103. The van der Waals surface area contributed by atoms with Gasteiger partial charge >= 0.3 is 18.1 Å². The molecule has 1 atom stereocenters. The lowest BCUT2D eigenvalue weighted by atomic mass is 9.87. The molecule has 0 aliphatic carbocycles. The molecule has 1 aliphatic rings. The predicted molar refractivity (Wildman–Crippen MR) is 230 cm³/mol. The molecule has 2 rings (SSSR count). The van der Waals surface area contributed by atoms with Crippen molar-refractivity contribution in [1.29, 1.82) is 0 Å². The number of anilines is 1. The number of amides is 8. The number of benzene rings is 1. The molecule has 20 heteroatoms. The first-order valence-electron chi connectivity index (χ1n) is 21.4. The van der Waals surface area contributed by atoms with Crippen LogP contribution >= 0.6 is 0 Å². The zero-order valence-corrected chi connectivity index (χ0v) is 37.9. The first-order chi connectivity index (χ1) is 29.6. The van der Waals surface area contributed by atoms with Gasteiger partial charge in [-0.2, -0.15) is 0 Å². The maximum atomic E-state index is 13.3. The zero-order chi connectivity index (χ0) is 47.1. The van der Waals surface area contributed by atoms with E-state index in [1.807, 2.05) is 0 Å². The number of alkyl carbamates (subject to hydrolysis) is 1. The second-order valence-corrected chi connectivity index (χ2v) is 17.2. The molecule has 1 aromatic rings. The third kappa shape index (κ3) is 22.5. The number of hydroxylamine groups is 2. The highest BCUT2D eigenvalue weighted by molar-refractivity contribution is 6.01. The summed E-state index contributed by atoms with van der Waals surface area (Å²) in [6, 6.07) is 4.80. The van der Waals surface area contributed by atoms with Crippen LogP contribution in [0.15, 0.2) is 24.3 Å². The second kappa shape index (κ2) is 27.0. The molecule has 354 valence electrons. The summed E-state index contributed by atoms with van der Waals surface area (Å²) in [5.74, 6) is -3.49. The topological polar surface area (TPSA) is 272 Å². The first-order valence-corrected chi connectivity index (χ1v) is 21.4. The number of imide groups is 1. The van der Waals surface area contributed by atoms with Crippen molar-refractivity contribution >= 4 is 53.3 Å². The molecule has 20 nitrogen and oxygen atoms in total. The van der Waals surface area contributed by atoms with Gasteiger partial charge in [-0.1, -0.05) is 53.2 Å². The van der Waals surface area contributed by atoms with Gasteiger partial charge in [0.05, 0.1) is 38.4 Å². The average molecular weight is 892 g/mol. The monoisotopic (exact) mass is 891 g/mol. The summed E-state index contributed by atoms with van der Waals surface area (Å²) >= 11 is 0. The van der Waals surface area contributed by atoms with Gasteiger partial charge < -0.3 is 56.1 Å². The van der Waals surface area contributed by atoms with Crippen LogP contribution in [0.25, 0.3) is 0 Å². The Hall–Kier alpha value is -5.34. The van der Waals surface area contributed by atoms with Crippen molar-refractivity contribution in [1.82, 2.24) is 26.3 Å². The van der Waals surface area contributed by atoms with Gasteiger partial charge in [0.25, 0.3) is 11.8 Å². The highest BCUT2D eigenvalue weighted by atomic mass is 16.7. The van der Waals surface area contributed by atoms with Crippen molar-refractivity contribution in [3.8, 4) is 0 Å². The minimum atomic E-state index is -1.04. The van der Waals surface area contributed by atoms with Crippen molar-refractivity contribution in [2.75, 3.05) is 58.0 Å². The number of nitrogens with two attached hydrogens (primary N) is 1. The number of carbonyl (C=O) groups excluding carboxylic acids is 8. The van der Waals surface area contributed by atoms with Gasteiger partial charge in [0, 0.05) is 50.2 Å². The molecule has 1 saturated heterocycles. The highest BCUT2D eigenvalue weighted by Gasteiger charge is 2.34. The van der Waals surface area contributed by atoms with E-state index in [2.05, 4.69) is 47.4 Å². The minimum absolute atomic E-state index is 0.00287. The first kappa shape index (κ1) is 53.8. The van der Waals surface area contributed by atoms with Crippen molar-refractivity contribution in [3.63, 3.8) is 0 Å². The van der Waals surface area contributed by atoms with Gasteiger partial charge in [0.2, 0.25) is 17.7 Å². The Morgan fingerprint density at radius 3 is 2.08 bits per heavy atom. The molecule has 8 amide bonds. The Balaban J connectivity index is 1.77. The summed E-state index contributed by atoms with van der Waals surface area (Å²) < 4.78 is 22.3. The lowest BCUT2D eigenvalue weighted by Gasteiger charge is -2.29. The summed E-state index contributed by atoms with van der Waals surface area (Å²) in [6.07, 6.45) is 2.24. The Labute approximate surface area is 370 Å². The van der Waals surface area contributed by atoms with E-state index in [4.69, 9.17) is 29.5 Å². The van der Waals surface area contributed by atoms with E-state index in [0.717, 1.165) is 12.8 Å². The van der Waals surface area contributed by atoms with Crippen LogP contribution in [0.3, 0.4) is 0 Å². The number of hydrogen-bond donors (Lipinski definition) is 6. The van der Waals surface area contributed by atoms with Gasteiger partial charge in [-0.15, -0.1) is 5.06 Å². The zero-order valence-electron chi connectivity index (χ0n) is 37.9. The number of rotatable bonds is 30. The fourth-order valence-electron chi connectivity index (χ4n) is 5.59. The van der Waals surface area contributed by atoms with Crippen LogP contribution in [0.2, 0.25) is 0 Å². The number of ether oxygens (including phenoxy) is 4. The molecule has 0 radical (unpaired) electrons. The molecule has 0 spiro atoms. The Bertz CT molecular complexity index is 1670. The molecule has 1 aromatic carbocycles. The number of nitrogens with one attached hydrogen (secondary N) is 5. The molecule has 1 heterocycles. The molecular formula is C43H69N7O13. The maximum absolute atomic E-state index is 13.3. The van der Waals surface area contributed by atoms with E-state index in [0.29, 0.717) is 49.2 Å². The van der Waals surface area contributed by atoms with E-state index in [1.165, 1.54) is 0 Å². The van der Waals surface area contributed by atoms with Gasteiger partial charge in [-0.3, -0.25) is 24.0 Å². The maximum Gasteiger partial charge on any atom is 0.407 e. The van der Waals surface area contributed by atoms with Crippen LogP contribution in [0.1, 0.15) is 112 Å². The fraction of sp³-hybridized carbons (Fsp3) is 0.674. The number of hydrogen-bond acceptors (Lipinski definition) is 13. The summed E-state index contributed by atoms with van der Waals surface area (Å²) in [6.45, 7) is 15.4. The lowest BCUT2D eigenvalue weighted by Crippen LogP contribution is -2.49. The van der Waals surface area contributed by atoms with Crippen molar-refractivity contribution in [3.05, 3.63) is 29.8 Å². The normalized spacial score (nSPS) is 13.5. The van der Waals surface area contributed by atoms with Crippen LogP contribution in [-0.4, -0.2) is 117 Å². The number of urea groups is 1. The number of carbonyl (C=O) groups is 8. The molecule has 7 N–H and O–H groups in total. The summed E-state index contributed by atoms with van der Waals surface area (Å²) in [5.41, 5.74) is 4.70. The van der Waals surface area contributed by atoms with Crippen LogP contribution in [0, 0.1) is 10.8 Å². The van der Waals surface area contributed by atoms with Crippen LogP contribution < -0.4 is 32.3 Å². The quantitative estimate of drug-likeness (QED) is 0.0479. The molecule has 0 aromatic heterocycles. The molecule has 0 bridgehead atoms. The standard InChI is InChI=1S/C43H69N7O13/c1-8-41(2,3)19-23-59-26-27-60-25-22-46-40(58)61-29-30-11-13-31(14-12-30)48-37(55)32(10-9-21-45-39(44)57)49-33(51)28-47-38(56)42(4,5)20-24-62-43(6,7)18-17-36(54)63-50-34(52)15-16-35(50)53/h11-14,32H,8-10,15-29H2,1-7H3,(H,46,58)(H,47,56)(H,48,55)(H,49,51)(H3,44,45,57)/t32-/m1/s1. The number of primary amides is 1. The average Bonchev–Trinajstić information content (AvgIpc) is 3.54. The highest BCUT2D eigenvalue weighted by Crippen LogP contribution is 2.25. The largest absolute Gasteiger partial charge is 0.445 e. The lowest BCUT2D eigenvalue weighted by molar-refractivity contribution is -0.198. The van der Waals surface area contributed by atoms with Crippen molar-refractivity contribution in [2.45, 2.75) is 125 Å². The fourth-order valence-corrected chi connectivity index (χ4v) is 5.59. The molecule has 1 aliphatic heterocycles. The van der Waals surface area contributed by atoms with Crippen LogP contribution in [0.5, 0.6) is 0 Å². The molecule has 0 unspecified atom stereocenters. The van der Waals surface area contributed by atoms with E-state index in [1.54, 1.807) is 52.0 Å². The van der Waals surface area contributed by atoms with Crippen molar-refractivity contribution < 1.29 is 62.1 Å². The molecule has 63 heavy (non-hydrogen) atoms. The van der Waals surface area contributed by atoms with Gasteiger partial charge in [-0.25, -0.2) is 14.4 Å². The van der Waals surface area contributed by atoms with Gasteiger partial charge in [0.1, 0.15) is 12.6 Å².